The van der Waals surface area contributed by atoms with Gasteiger partial charge in [-0.3, -0.25) is 9.69 Å². The van der Waals surface area contributed by atoms with Gasteiger partial charge in [0.25, 0.3) is 5.91 Å². The molecule has 2 aromatic rings. The van der Waals surface area contributed by atoms with Gasteiger partial charge >= 0.3 is 0 Å². The number of nitrogens with zero attached hydrogens (tertiary/aromatic N) is 2. The first kappa shape index (κ1) is 14.7. The molecule has 22 heavy (non-hydrogen) atoms. The summed E-state index contributed by atoms with van der Waals surface area (Å²) in [4.78, 5) is 18.0. The van der Waals surface area contributed by atoms with Crippen LogP contribution < -0.4 is 5.73 Å². The number of hydrogen-bond acceptors (Lipinski definition) is 3. The summed E-state index contributed by atoms with van der Waals surface area (Å²) in [5.41, 5.74) is 8.67. The van der Waals surface area contributed by atoms with E-state index in [0.717, 1.165) is 17.8 Å². The highest BCUT2D eigenvalue weighted by atomic mass is 16.1. The summed E-state index contributed by atoms with van der Waals surface area (Å²) in [7, 11) is 0. The van der Waals surface area contributed by atoms with Gasteiger partial charge in [0.15, 0.2) is 0 Å². The van der Waals surface area contributed by atoms with Gasteiger partial charge in [0, 0.05) is 18.2 Å². The third-order valence-electron chi connectivity index (χ3n) is 4.33. The molecule has 4 heteroatoms. The van der Waals surface area contributed by atoms with E-state index in [9.17, 15) is 4.79 Å². The lowest BCUT2D eigenvalue weighted by Gasteiger charge is -2.20. The van der Waals surface area contributed by atoms with E-state index >= 15 is 0 Å². The van der Waals surface area contributed by atoms with Crippen molar-refractivity contribution in [3.05, 3.63) is 53.7 Å². The van der Waals surface area contributed by atoms with Crippen LogP contribution in [0.5, 0.6) is 0 Å². The molecule has 1 saturated heterocycles. The van der Waals surface area contributed by atoms with Gasteiger partial charge in [-0.1, -0.05) is 30.3 Å². The van der Waals surface area contributed by atoms with E-state index in [1.54, 1.807) is 6.07 Å². The number of primary amides is 1. The molecule has 0 spiro atoms. The molecule has 1 aromatic carbocycles. The van der Waals surface area contributed by atoms with Crippen molar-refractivity contribution in [2.75, 3.05) is 6.54 Å². The number of rotatable bonds is 4. The highest BCUT2D eigenvalue weighted by molar-refractivity contribution is 5.91. The molecule has 2 N–H and O–H groups in total. The van der Waals surface area contributed by atoms with Crippen LogP contribution in [0.25, 0.3) is 11.3 Å². The van der Waals surface area contributed by atoms with Crippen molar-refractivity contribution in [2.45, 2.75) is 32.4 Å². The first-order valence-electron chi connectivity index (χ1n) is 7.74. The van der Waals surface area contributed by atoms with Crippen LogP contribution >= 0.6 is 0 Å². The number of carbonyl (C=O) groups is 1. The summed E-state index contributed by atoms with van der Waals surface area (Å²) < 4.78 is 0. The summed E-state index contributed by atoms with van der Waals surface area (Å²) in [6.07, 6.45) is 2.59. The molecule has 114 valence electrons. The minimum atomic E-state index is -0.499. The molecule has 4 nitrogen and oxygen atoms in total. The maximum atomic E-state index is 11.2. The summed E-state index contributed by atoms with van der Waals surface area (Å²) in [5, 5.41) is 0. The van der Waals surface area contributed by atoms with Crippen LogP contribution in [-0.2, 0) is 6.54 Å². The zero-order valence-electron chi connectivity index (χ0n) is 12.8. The Kier molecular flexibility index (Phi) is 4.20. The highest BCUT2D eigenvalue weighted by Gasteiger charge is 2.19. The van der Waals surface area contributed by atoms with Crippen LogP contribution in [0.2, 0.25) is 0 Å². The van der Waals surface area contributed by atoms with E-state index in [2.05, 4.69) is 41.1 Å². The van der Waals surface area contributed by atoms with Crippen LogP contribution in [0.15, 0.2) is 42.5 Å². The minimum Gasteiger partial charge on any atom is -0.364 e. The average molecular weight is 295 g/mol. The fourth-order valence-corrected chi connectivity index (χ4v) is 2.98. The molecule has 1 amide bonds. The number of likely N-dealkylation sites (tertiary alicyclic amines) is 1. The molecular formula is C18H21N3O. The first-order valence-corrected chi connectivity index (χ1v) is 7.74. The van der Waals surface area contributed by atoms with Crippen molar-refractivity contribution in [1.29, 1.82) is 0 Å². The van der Waals surface area contributed by atoms with Crippen LogP contribution in [0, 0.1) is 0 Å². The lowest BCUT2D eigenvalue weighted by atomic mass is 10.1. The molecular weight excluding hydrogens is 274 g/mol. The Bertz CT molecular complexity index is 666. The van der Waals surface area contributed by atoms with Crippen molar-refractivity contribution >= 4 is 5.91 Å². The minimum absolute atomic E-state index is 0.299. The highest BCUT2D eigenvalue weighted by Crippen LogP contribution is 2.22. The normalized spacial score (nSPS) is 18.5. The maximum Gasteiger partial charge on any atom is 0.267 e. The Morgan fingerprint density at radius 1 is 1.27 bits per heavy atom. The standard InChI is InChI=1S/C18H21N3O/c1-13-4-3-11-21(13)12-14-7-9-15(10-8-14)16-5-2-6-17(20-16)18(19)22/h2,5-10,13H,3-4,11-12H2,1H3,(H2,19,22). The number of benzene rings is 1. The SMILES string of the molecule is CC1CCCN1Cc1ccc(-c2cccc(C(N)=O)n2)cc1. The average Bonchev–Trinajstić information content (AvgIpc) is 2.93. The Morgan fingerprint density at radius 3 is 2.68 bits per heavy atom. The van der Waals surface area contributed by atoms with Crippen molar-refractivity contribution < 1.29 is 4.79 Å². The molecule has 0 bridgehead atoms. The summed E-state index contributed by atoms with van der Waals surface area (Å²) in [6.45, 7) is 4.47. The number of pyridine rings is 1. The maximum absolute atomic E-state index is 11.2. The van der Waals surface area contributed by atoms with E-state index in [1.807, 2.05) is 12.1 Å². The van der Waals surface area contributed by atoms with Gasteiger partial charge in [0.05, 0.1) is 5.69 Å². The molecule has 1 aliphatic rings. The van der Waals surface area contributed by atoms with Gasteiger partial charge in [-0.05, 0) is 44.0 Å². The van der Waals surface area contributed by atoms with Gasteiger partial charge in [-0.25, -0.2) is 4.98 Å². The summed E-state index contributed by atoms with van der Waals surface area (Å²) in [6, 6.07) is 14.4. The van der Waals surface area contributed by atoms with Crippen LogP contribution in [0.1, 0.15) is 35.8 Å². The molecule has 1 aromatic heterocycles. The lowest BCUT2D eigenvalue weighted by molar-refractivity contribution is 0.0995. The van der Waals surface area contributed by atoms with E-state index in [-0.39, 0.29) is 0 Å². The first-order chi connectivity index (χ1) is 10.6. The predicted octanol–water partition coefficient (Wildman–Crippen LogP) is 2.83. The van der Waals surface area contributed by atoms with Gasteiger partial charge in [-0.15, -0.1) is 0 Å². The Balaban J connectivity index is 1.76. The molecule has 1 aliphatic heterocycles. The van der Waals surface area contributed by atoms with E-state index in [4.69, 9.17) is 5.73 Å². The molecule has 0 saturated carbocycles. The third-order valence-corrected chi connectivity index (χ3v) is 4.33. The molecule has 2 heterocycles. The zero-order valence-corrected chi connectivity index (χ0v) is 12.8. The van der Waals surface area contributed by atoms with E-state index < -0.39 is 5.91 Å². The second-order valence-electron chi connectivity index (χ2n) is 5.93. The molecule has 1 atom stereocenters. The Morgan fingerprint density at radius 2 is 2.05 bits per heavy atom. The molecule has 3 rings (SSSR count). The van der Waals surface area contributed by atoms with Crippen molar-refractivity contribution in [3.8, 4) is 11.3 Å². The topological polar surface area (TPSA) is 59.2 Å². The van der Waals surface area contributed by atoms with E-state index in [1.165, 1.54) is 24.9 Å². The number of aromatic nitrogens is 1. The second kappa shape index (κ2) is 6.28. The summed E-state index contributed by atoms with van der Waals surface area (Å²) >= 11 is 0. The van der Waals surface area contributed by atoms with Gasteiger partial charge in [0.2, 0.25) is 0 Å². The van der Waals surface area contributed by atoms with Crippen molar-refractivity contribution in [3.63, 3.8) is 0 Å². The van der Waals surface area contributed by atoms with Crippen molar-refractivity contribution in [1.82, 2.24) is 9.88 Å². The second-order valence-corrected chi connectivity index (χ2v) is 5.93. The Labute approximate surface area is 131 Å². The molecule has 0 aliphatic carbocycles. The Hall–Kier alpha value is -2.20. The zero-order chi connectivity index (χ0) is 15.5. The van der Waals surface area contributed by atoms with Crippen LogP contribution in [0.3, 0.4) is 0 Å². The van der Waals surface area contributed by atoms with Crippen LogP contribution in [-0.4, -0.2) is 28.4 Å². The summed E-state index contributed by atoms with van der Waals surface area (Å²) in [5.74, 6) is -0.499. The van der Waals surface area contributed by atoms with Crippen molar-refractivity contribution in [2.24, 2.45) is 5.73 Å². The monoisotopic (exact) mass is 295 g/mol. The van der Waals surface area contributed by atoms with Gasteiger partial charge < -0.3 is 5.73 Å². The van der Waals surface area contributed by atoms with Crippen LogP contribution in [0.4, 0.5) is 0 Å². The van der Waals surface area contributed by atoms with Gasteiger partial charge in [-0.2, -0.15) is 0 Å². The number of hydrogen-bond donors (Lipinski definition) is 1. The fraction of sp³-hybridized carbons (Fsp3) is 0.333. The number of amides is 1. The number of carbonyl (C=O) groups excluding carboxylic acids is 1. The predicted molar refractivity (Wildman–Crippen MR) is 87.3 cm³/mol. The fourth-order valence-electron chi connectivity index (χ4n) is 2.98. The molecule has 0 radical (unpaired) electrons. The number of nitrogens with two attached hydrogens (primary N) is 1. The van der Waals surface area contributed by atoms with E-state index in [0.29, 0.717) is 11.7 Å². The lowest BCUT2D eigenvalue weighted by Crippen LogP contribution is -2.26. The quantitative estimate of drug-likeness (QED) is 0.943. The molecule has 1 fully saturated rings. The smallest absolute Gasteiger partial charge is 0.267 e. The largest absolute Gasteiger partial charge is 0.364 e. The van der Waals surface area contributed by atoms with Gasteiger partial charge in [0.1, 0.15) is 5.69 Å². The molecule has 1 unspecified atom stereocenters. The third kappa shape index (κ3) is 3.17.